The van der Waals surface area contributed by atoms with Gasteiger partial charge in [-0.1, -0.05) is 90.4 Å². The third-order valence-electron chi connectivity index (χ3n) is 4.41. The lowest BCUT2D eigenvalue weighted by atomic mass is 9.62. The minimum atomic E-state index is -0.782. The van der Waals surface area contributed by atoms with Crippen molar-refractivity contribution in [2.45, 2.75) is 96.2 Å². The van der Waals surface area contributed by atoms with Gasteiger partial charge >= 0.3 is 0 Å². The zero-order valence-corrected chi connectivity index (χ0v) is 15.9. The van der Waals surface area contributed by atoms with Crippen LogP contribution in [0.2, 0.25) is 5.82 Å². The molecule has 0 fully saturated rings. The Hall–Kier alpha value is -0.505. The van der Waals surface area contributed by atoms with Crippen molar-refractivity contribution in [3.63, 3.8) is 0 Å². The number of rotatable bonds is 17. The summed E-state index contributed by atoms with van der Waals surface area (Å²) >= 11 is 0. The second kappa shape index (κ2) is 16.4. The number of carbonyl (C=O) groups is 1. The highest BCUT2D eigenvalue weighted by Crippen LogP contribution is 2.18. The second-order valence-corrected chi connectivity index (χ2v) is 7.20. The van der Waals surface area contributed by atoms with Gasteiger partial charge in [-0.2, -0.15) is 0 Å². The van der Waals surface area contributed by atoms with Gasteiger partial charge in [0, 0.05) is 0 Å². The highest BCUT2D eigenvalue weighted by Gasteiger charge is 2.16. The summed E-state index contributed by atoms with van der Waals surface area (Å²) in [5.41, 5.74) is 0. The van der Waals surface area contributed by atoms with Crippen LogP contribution in [0.25, 0.3) is 0 Å². The first-order valence-electron chi connectivity index (χ1n) is 9.78. The van der Waals surface area contributed by atoms with E-state index in [1.807, 2.05) is 14.1 Å². The first-order valence-corrected chi connectivity index (χ1v) is 9.78. The molecule has 4 heteroatoms. The number of unbranched alkanes of at least 4 members (excludes halogenated alkanes) is 11. The molecule has 0 aliphatic rings. The van der Waals surface area contributed by atoms with Gasteiger partial charge in [-0.05, 0) is 26.5 Å². The molecule has 3 nitrogen and oxygen atoms in total. The zero-order chi connectivity index (χ0) is 17.3. The monoisotopic (exact) mass is 324 g/mol. The fourth-order valence-corrected chi connectivity index (χ4v) is 3.15. The van der Waals surface area contributed by atoms with E-state index >= 15 is 0 Å². The van der Waals surface area contributed by atoms with E-state index in [2.05, 4.69) is 11.8 Å². The third-order valence-corrected chi connectivity index (χ3v) is 4.41. The molecule has 135 valence electrons. The molecule has 0 aromatic rings. The number of nitrogens with zero attached hydrogens (tertiary/aromatic N) is 1. The van der Waals surface area contributed by atoms with Crippen molar-refractivity contribution in [2.75, 3.05) is 20.6 Å². The SMILES string of the molecule is CCCCCCCCCCCCCCC([B]C(=O)O)CN(C)C. The van der Waals surface area contributed by atoms with Crippen molar-refractivity contribution in [2.24, 2.45) is 0 Å². The molecule has 1 radical (unpaired) electrons. The van der Waals surface area contributed by atoms with Crippen molar-refractivity contribution in [3.8, 4) is 0 Å². The van der Waals surface area contributed by atoms with Crippen molar-refractivity contribution in [1.82, 2.24) is 4.90 Å². The van der Waals surface area contributed by atoms with E-state index in [1.54, 1.807) is 0 Å². The summed E-state index contributed by atoms with van der Waals surface area (Å²) in [5, 5.41) is 8.91. The van der Waals surface area contributed by atoms with E-state index in [0.717, 1.165) is 19.4 Å². The molecule has 1 N–H and O–H groups in total. The maximum atomic E-state index is 10.8. The van der Waals surface area contributed by atoms with Gasteiger partial charge in [-0.25, -0.2) is 0 Å². The molecule has 23 heavy (non-hydrogen) atoms. The predicted octanol–water partition coefficient (Wildman–Crippen LogP) is 5.81. The lowest BCUT2D eigenvalue weighted by molar-refractivity contribution is 0.219. The first kappa shape index (κ1) is 22.5. The molecule has 0 spiro atoms. The zero-order valence-electron chi connectivity index (χ0n) is 15.9. The average Bonchev–Trinajstić information content (AvgIpc) is 2.47. The number of carboxylic acid groups (broad SMARTS) is 1. The van der Waals surface area contributed by atoms with Crippen LogP contribution in [0.4, 0.5) is 4.79 Å². The van der Waals surface area contributed by atoms with Gasteiger partial charge in [0.2, 0.25) is 5.87 Å². The topological polar surface area (TPSA) is 40.5 Å². The van der Waals surface area contributed by atoms with Crippen LogP contribution in [0.1, 0.15) is 90.4 Å². The summed E-state index contributed by atoms with van der Waals surface area (Å²) in [4.78, 5) is 12.9. The van der Waals surface area contributed by atoms with Crippen molar-refractivity contribution in [3.05, 3.63) is 0 Å². The predicted molar refractivity (Wildman–Crippen MR) is 102 cm³/mol. The van der Waals surface area contributed by atoms with Gasteiger partial charge in [0.05, 0.1) is 0 Å². The van der Waals surface area contributed by atoms with Crippen LogP contribution in [0.3, 0.4) is 0 Å². The standard InChI is InChI=1S/C19H39BNO2/c1-4-5-6-7-8-9-10-11-12-13-14-15-16-18(17-21(2)3)20-19(22)23/h18H,4-17H2,1-3H3,(H,22,23). The molecule has 0 aliphatic carbocycles. The second-order valence-electron chi connectivity index (χ2n) is 7.20. The average molecular weight is 324 g/mol. The van der Waals surface area contributed by atoms with E-state index in [1.165, 1.54) is 77.9 Å². The maximum absolute atomic E-state index is 10.8. The molecule has 0 saturated carbocycles. The fraction of sp³-hybridized carbons (Fsp3) is 0.947. The molecular formula is C19H39BNO2. The summed E-state index contributed by atoms with van der Waals surface area (Å²) < 4.78 is 0. The number of hydrogen-bond acceptors (Lipinski definition) is 2. The first-order chi connectivity index (χ1) is 11.1. The largest absolute Gasteiger partial charge is 0.490 e. The minimum Gasteiger partial charge on any atom is -0.490 e. The molecule has 1 unspecified atom stereocenters. The Bertz CT molecular complexity index is 272. The highest BCUT2D eigenvalue weighted by atomic mass is 16.4. The van der Waals surface area contributed by atoms with Crippen LogP contribution in [-0.2, 0) is 0 Å². The molecule has 0 aliphatic heterocycles. The third kappa shape index (κ3) is 17.7. The highest BCUT2D eigenvalue weighted by molar-refractivity contribution is 6.72. The van der Waals surface area contributed by atoms with Crippen LogP contribution in [-0.4, -0.2) is 43.8 Å². The minimum absolute atomic E-state index is 0.186. The van der Waals surface area contributed by atoms with Crippen LogP contribution in [0, 0.1) is 0 Å². The Morgan fingerprint density at radius 3 is 1.70 bits per heavy atom. The van der Waals surface area contributed by atoms with E-state index < -0.39 is 5.87 Å². The Balaban J connectivity index is 3.40. The Morgan fingerprint density at radius 2 is 1.30 bits per heavy atom. The van der Waals surface area contributed by atoms with Crippen LogP contribution in [0.5, 0.6) is 0 Å². The summed E-state index contributed by atoms with van der Waals surface area (Å²) in [6.07, 6.45) is 17.2. The smallest absolute Gasteiger partial charge is 0.265 e. The van der Waals surface area contributed by atoms with Gasteiger partial charge in [0.1, 0.15) is 0 Å². The number of hydrogen-bond donors (Lipinski definition) is 1. The molecular weight excluding hydrogens is 285 g/mol. The van der Waals surface area contributed by atoms with E-state index in [4.69, 9.17) is 5.11 Å². The van der Waals surface area contributed by atoms with E-state index in [9.17, 15) is 4.79 Å². The van der Waals surface area contributed by atoms with Gasteiger partial charge in [0.15, 0.2) is 0 Å². The quantitative estimate of drug-likeness (QED) is 0.271. The van der Waals surface area contributed by atoms with Crippen LogP contribution < -0.4 is 0 Å². The lowest BCUT2D eigenvalue weighted by Gasteiger charge is -2.18. The summed E-state index contributed by atoms with van der Waals surface area (Å²) in [7, 11) is 5.48. The van der Waals surface area contributed by atoms with Gasteiger partial charge in [0.25, 0.3) is 7.28 Å². The van der Waals surface area contributed by atoms with E-state index in [0.29, 0.717) is 0 Å². The molecule has 0 saturated heterocycles. The molecule has 0 amide bonds. The van der Waals surface area contributed by atoms with Crippen molar-refractivity contribution in [1.29, 1.82) is 0 Å². The molecule has 0 rings (SSSR count). The summed E-state index contributed by atoms with van der Waals surface area (Å²) in [6.45, 7) is 3.10. The normalized spacial score (nSPS) is 12.5. The maximum Gasteiger partial charge on any atom is 0.265 e. The van der Waals surface area contributed by atoms with Crippen LogP contribution in [0.15, 0.2) is 0 Å². The van der Waals surface area contributed by atoms with Crippen LogP contribution >= 0.6 is 0 Å². The van der Waals surface area contributed by atoms with Gasteiger partial charge in [-0.15, -0.1) is 0 Å². The lowest BCUT2D eigenvalue weighted by Crippen LogP contribution is -2.25. The van der Waals surface area contributed by atoms with Crippen molar-refractivity contribution >= 4 is 13.1 Å². The van der Waals surface area contributed by atoms with Gasteiger partial charge < -0.3 is 10.0 Å². The molecule has 0 bridgehead atoms. The molecule has 0 aromatic carbocycles. The molecule has 0 aromatic heterocycles. The summed E-state index contributed by atoms with van der Waals surface area (Å²) in [5.74, 6) is -0.596. The Labute approximate surface area is 145 Å². The molecule has 0 heterocycles. The Kier molecular flexibility index (Phi) is 16.0. The molecule has 1 atom stereocenters. The summed E-state index contributed by atoms with van der Waals surface area (Å²) in [6, 6.07) is 0. The van der Waals surface area contributed by atoms with Gasteiger partial charge in [-0.3, -0.25) is 4.79 Å². The fourth-order valence-electron chi connectivity index (χ4n) is 3.15. The van der Waals surface area contributed by atoms with Crippen molar-refractivity contribution < 1.29 is 9.90 Å². The Morgan fingerprint density at radius 1 is 0.870 bits per heavy atom. The van der Waals surface area contributed by atoms with E-state index in [-0.39, 0.29) is 5.82 Å².